The third kappa shape index (κ3) is 4.51. The van der Waals surface area contributed by atoms with Crippen LogP contribution in [-0.2, 0) is 10.0 Å². The van der Waals surface area contributed by atoms with E-state index in [1.54, 1.807) is 31.1 Å². The Labute approximate surface area is 192 Å². The highest BCUT2D eigenvalue weighted by Gasteiger charge is 2.43. The first-order valence-electron chi connectivity index (χ1n) is 10.6. The van der Waals surface area contributed by atoms with Gasteiger partial charge in [-0.25, -0.2) is 23.1 Å². The fourth-order valence-corrected chi connectivity index (χ4v) is 6.59. The number of sulfonamides is 1. The standard InChI is InChI=1S/C20H29N5O5S2/c1-11-16(25-19(22-11)31-18(23-25)20(2,3)27)12-9-15(17(30-4)21-10-12)32(28,29)24-13-5-7-14(26)8-6-13/h9-11,13-14,16,24,26-27H,5-8H2,1-4H3/t11?,13-,14+,16?. The Morgan fingerprint density at radius 1 is 1.28 bits per heavy atom. The smallest absolute Gasteiger partial charge is 0.246 e. The van der Waals surface area contributed by atoms with Crippen LogP contribution in [-0.4, -0.2) is 69.7 Å². The number of thioether (sulfide) groups is 1. The molecule has 0 amide bonds. The number of aromatic nitrogens is 1. The Morgan fingerprint density at radius 2 is 1.97 bits per heavy atom. The van der Waals surface area contributed by atoms with Crippen LogP contribution in [0.5, 0.6) is 5.88 Å². The number of nitrogens with zero attached hydrogens (tertiary/aromatic N) is 4. The predicted octanol–water partition coefficient (Wildman–Crippen LogP) is 1.60. The lowest BCUT2D eigenvalue weighted by atomic mass is 9.94. The number of aliphatic hydroxyl groups excluding tert-OH is 1. The summed E-state index contributed by atoms with van der Waals surface area (Å²) in [7, 11) is -2.52. The highest BCUT2D eigenvalue weighted by Crippen LogP contribution is 2.42. The summed E-state index contributed by atoms with van der Waals surface area (Å²) >= 11 is 1.31. The minimum atomic E-state index is -3.90. The minimum Gasteiger partial charge on any atom is -0.480 e. The normalized spacial score (nSPS) is 28.4. The fraction of sp³-hybridized carbons (Fsp3) is 0.650. The van der Waals surface area contributed by atoms with Gasteiger partial charge in [0, 0.05) is 12.2 Å². The summed E-state index contributed by atoms with van der Waals surface area (Å²) in [5.74, 6) is 0.0142. The van der Waals surface area contributed by atoms with Gasteiger partial charge in [-0.3, -0.25) is 4.99 Å². The van der Waals surface area contributed by atoms with Crippen LogP contribution in [0.25, 0.3) is 0 Å². The van der Waals surface area contributed by atoms with Crippen molar-refractivity contribution in [2.45, 2.75) is 81.2 Å². The number of amidine groups is 1. The molecule has 0 aromatic carbocycles. The SMILES string of the molecule is COc1ncc(C2C(C)N=C3SC(C(C)(C)O)=NN32)cc1S(=O)(=O)N[C@H]1CC[C@@H](O)CC1. The van der Waals surface area contributed by atoms with Gasteiger partial charge >= 0.3 is 0 Å². The number of pyridine rings is 1. The fourth-order valence-electron chi connectivity index (χ4n) is 4.11. The number of hydrazone groups is 1. The van der Waals surface area contributed by atoms with Crippen molar-refractivity contribution in [3.8, 4) is 5.88 Å². The van der Waals surface area contributed by atoms with Gasteiger partial charge in [0.15, 0.2) is 5.17 Å². The van der Waals surface area contributed by atoms with Crippen LogP contribution in [0.3, 0.4) is 0 Å². The second-order valence-corrected chi connectivity index (χ2v) is 11.5. The lowest BCUT2D eigenvalue weighted by molar-refractivity contribution is 0.120. The van der Waals surface area contributed by atoms with Crippen molar-refractivity contribution in [2.75, 3.05) is 7.11 Å². The van der Waals surface area contributed by atoms with E-state index in [0.717, 1.165) is 0 Å². The van der Waals surface area contributed by atoms with E-state index in [9.17, 15) is 18.6 Å². The molecule has 176 valence electrons. The molecule has 1 aromatic rings. The highest BCUT2D eigenvalue weighted by atomic mass is 32.2. The number of rotatable bonds is 6. The van der Waals surface area contributed by atoms with E-state index in [-0.39, 0.29) is 35.0 Å². The first-order valence-corrected chi connectivity index (χ1v) is 12.9. The monoisotopic (exact) mass is 483 g/mol. The van der Waals surface area contributed by atoms with Crippen molar-refractivity contribution in [3.63, 3.8) is 0 Å². The number of aliphatic hydroxyl groups is 2. The number of methoxy groups -OCH3 is 1. The maximum absolute atomic E-state index is 13.2. The van der Waals surface area contributed by atoms with Gasteiger partial charge in [-0.15, -0.1) is 0 Å². The first-order chi connectivity index (χ1) is 15.0. The van der Waals surface area contributed by atoms with Crippen molar-refractivity contribution in [1.82, 2.24) is 14.7 Å². The van der Waals surface area contributed by atoms with E-state index in [1.807, 2.05) is 6.92 Å². The molecule has 1 fully saturated rings. The number of hydrogen-bond acceptors (Lipinski definition) is 10. The molecule has 4 rings (SSSR count). The van der Waals surface area contributed by atoms with Gasteiger partial charge in [-0.05, 0) is 69.8 Å². The zero-order valence-electron chi connectivity index (χ0n) is 18.5. The highest BCUT2D eigenvalue weighted by molar-refractivity contribution is 8.27. The summed E-state index contributed by atoms with van der Waals surface area (Å²) < 4.78 is 34.4. The van der Waals surface area contributed by atoms with Gasteiger partial charge in [-0.2, -0.15) is 5.10 Å². The van der Waals surface area contributed by atoms with Gasteiger partial charge in [0.25, 0.3) is 0 Å². The summed E-state index contributed by atoms with van der Waals surface area (Å²) in [5, 5.41) is 27.5. The summed E-state index contributed by atoms with van der Waals surface area (Å²) in [6.45, 7) is 5.25. The number of aliphatic imine (C=N–C) groups is 1. The molecule has 1 aliphatic carbocycles. The van der Waals surface area contributed by atoms with Crippen LogP contribution in [0.4, 0.5) is 0 Å². The molecule has 2 aliphatic heterocycles. The second-order valence-electron chi connectivity index (χ2n) is 8.91. The van der Waals surface area contributed by atoms with Gasteiger partial charge in [0.1, 0.15) is 21.6 Å². The van der Waals surface area contributed by atoms with Crippen LogP contribution in [0, 0.1) is 0 Å². The number of hydrogen-bond donors (Lipinski definition) is 3. The zero-order chi connectivity index (χ0) is 23.3. The molecule has 32 heavy (non-hydrogen) atoms. The van der Waals surface area contributed by atoms with E-state index in [1.165, 1.54) is 18.9 Å². The molecule has 1 aromatic heterocycles. The lowest BCUT2D eigenvalue weighted by Gasteiger charge is -2.26. The Kier molecular flexibility index (Phi) is 6.27. The van der Waals surface area contributed by atoms with Crippen LogP contribution < -0.4 is 9.46 Å². The molecule has 0 radical (unpaired) electrons. The molecule has 10 nitrogen and oxygen atoms in total. The van der Waals surface area contributed by atoms with Crippen molar-refractivity contribution in [1.29, 1.82) is 0 Å². The molecule has 1 saturated carbocycles. The molecular formula is C20H29N5O5S2. The van der Waals surface area contributed by atoms with Crippen LogP contribution in [0.1, 0.15) is 58.1 Å². The minimum absolute atomic E-state index is 0.0142. The molecular weight excluding hydrogens is 454 g/mol. The van der Waals surface area contributed by atoms with E-state index >= 15 is 0 Å². The summed E-state index contributed by atoms with van der Waals surface area (Å²) in [6, 6.07) is 0.789. The molecule has 0 bridgehead atoms. The maximum Gasteiger partial charge on any atom is 0.246 e. The third-order valence-corrected chi connectivity index (χ3v) is 8.59. The lowest BCUT2D eigenvalue weighted by Crippen LogP contribution is -2.38. The van der Waals surface area contributed by atoms with Gasteiger partial charge in [-0.1, -0.05) is 0 Å². The van der Waals surface area contributed by atoms with Crippen LogP contribution >= 0.6 is 11.8 Å². The molecule has 3 aliphatic rings. The number of nitrogens with one attached hydrogen (secondary N) is 1. The largest absolute Gasteiger partial charge is 0.480 e. The van der Waals surface area contributed by atoms with E-state index in [4.69, 9.17) is 4.74 Å². The zero-order valence-corrected chi connectivity index (χ0v) is 20.2. The summed E-state index contributed by atoms with van der Waals surface area (Å²) in [4.78, 5) is 8.87. The maximum atomic E-state index is 13.2. The number of ether oxygens (including phenoxy) is 1. The Hall–Kier alpha value is -1.73. The number of fused-ring (bicyclic) bond motifs is 1. The average molecular weight is 484 g/mol. The quantitative estimate of drug-likeness (QED) is 0.555. The Bertz CT molecular complexity index is 1040. The van der Waals surface area contributed by atoms with Crippen molar-refractivity contribution in [2.24, 2.45) is 10.1 Å². The van der Waals surface area contributed by atoms with E-state index in [0.29, 0.717) is 41.5 Å². The molecule has 0 spiro atoms. The Morgan fingerprint density at radius 3 is 2.59 bits per heavy atom. The van der Waals surface area contributed by atoms with Crippen molar-refractivity contribution < 1.29 is 23.4 Å². The predicted molar refractivity (Wildman–Crippen MR) is 122 cm³/mol. The van der Waals surface area contributed by atoms with Gasteiger partial charge in [0.05, 0.1) is 19.3 Å². The van der Waals surface area contributed by atoms with Crippen LogP contribution in [0.15, 0.2) is 27.3 Å². The van der Waals surface area contributed by atoms with Gasteiger partial charge in [0.2, 0.25) is 15.9 Å². The molecule has 2 unspecified atom stereocenters. The molecule has 2 atom stereocenters. The van der Waals surface area contributed by atoms with E-state index < -0.39 is 15.6 Å². The third-order valence-electron chi connectivity index (χ3n) is 5.82. The van der Waals surface area contributed by atoms with Gasteiger partial charge < -0.3 is 14.9 Å². The summed E-state index contributed by atoms with van der Waals surface area (Å²) in [6.07, 6.45) is 3.49. The van der Waals surface area contributed by atoms with Crippen LogP contribution in [0.2, 0.25) is 0 Å². The molecule has 0 saturated heterocycles. The first kappa shape index (κ1) is 23.4. The van der Waals surface area contributed by atoms with Crippen molar-refractivity contribution >= 4 is 32.0 Å². The average Bonchev–Trinajstić information content (AvgIpc) is 3.26. The topological polar surface area (TPSA) is 137 Å². The molecule has 3 N–H and O–H groups in total. The second kappa shape index (κ2) is 8.56. The van der Waals surface area contributed by atoms with Crippen molar-refractivity contribution in [3.05, 3.63) is 17.8 Å². The van der Waals surface area contributed by atoms with E-state index in [2.05, 4.69) is 19.8 Å². The Balaban J connectivity index is 1.64. The summed E-state index contributed by atoms with van der Waals surface area (Å²) in [5.41, 5.74) is -0.465. The molecule has 12 heteroatoms. The molecule has 3 heterocycles.